The van der Waals surface area contributed by atoms with Crippen LogP contribution < -0.4 is 5.32 Å². The van der Waals surface area contributed by atoms with E-state index in [1.54, 1.807) is 0 Å². The minimum atomic E-state index is 0.0816. The second kappa shape index (κ2) is 7.06. The normalized spacial score (nSPS) is 19.5. The summed E-state index contributed by atoms with van der Waals surface area (Å²) in [7, 11) is 2.08. The molecule has 19 heavy (non-hydrogen) atoms. The fourth-order valence-electron chi connectivity index (χ4n) is 3.48. The van der Waals surface area contributed by atoms with Gasteiger partial charge in [-0.2, -0.15) is 0 Å². The lowest BCUT2D eigenvalue weighted by Crippen LogP contribution is -2.50. The zero-order valence-electron chi connectivity index (χ0n) is 12.3. The third kappa shape index (κ3) is 3.58. The van der Waals surface area contributed by atoms with E-state index in [9.17, 15) is 0 Å². The molecule has 2 nitrogen and oxygen atoms in total. The highest BCUT2D eigenvalue weighted by Crippen LogP contribution is 2.37. The lowest BCUT2D eigenvalue weighted by Gasteiger charge is -2.37. The molecule has 0 heterocycles. The highest BCUT2D eigenvalue weighted by Gasteiger charge is 2.41. The molecule has 1 unspecified atom stereocenters. The van der Waals surface area contributed by atoms with Crippen molar-refractivity contribution in [2.75, 3.05) is 13.7 Å². The maximum absolute atomic E-state index is 6.17. The Balaban J connectivity index is 1.98. The van der Waals surface area contributed by atoms with Crippen LogP contribution in [0.4, 0.5) is 0 Å². The molecule has 0 bridgehead atoms. The van der Waals surface area contributed by atoms with Gasteiger partial charge in [0.25, 0.3) is 0 Å². The Labute approximate surface area is 117 Å². The van der Waals surface area contributed by atoms with Crippen LogP contribution >= 0.6 is 0 Å². The molecule has 0 radical (unpaired) electrons. The zero-order chi connectivity index (χ0) is 13.6. The van der Waals surface area contributed by atoms with Crippen molar-refractivity contribution >= 4 is 0 Å². The van der Waals surface area contributed by atoms with Gasteiger partial charge in [-0.05, 0) is 45.2 Å². The Bertz CT molecular complexity index is 357. The monoisotopic (exact) mass is 261 g/mol. The standard InChI is InChI=1S/C17H27NO/c1-3-19-17(13-7-8-14-17)16(18-2)12-11-15-9-5-4-6-10-15/h4-6,9-10,16,18H,3,7-8,11-14H2,1-2H3. The topological polar surface area (TPSA) is 21.3 Å². The molecule has 2 rings (SSSR count). The molecule has 1 saturated carbocycles. The van der Waals surface area contributed by atoms with Crippen LogP contribution in [0.1, 0.15) is 44.6 Å². The van der Waals surface area contributed by atoms with Gasteiger partial charge < -0.3 is 10.1 Å². The first kappa shape index (κ1) is 14.5. The van der Waals surface area contributed by atoms with Crippen molar-refractivity contribution < 1.29 is 4.74 Å². The maximum Gasteiger partial charge on any atom is 0.0834 e. The van der Waals surface area contributed by atoms with Crippen LogP contribution in [0.25, 0.3) is 0 Å². The molecule has 1 aliphatic rings. The van der Waals surface area contributed by atoms with E-state index in [1.165, 1.54) is 31.2 Å². The maximum atomic E-state index is 6.17. The van der Waals surface area contributed by atoms with Crippen LogP contribution in [0.15, 0.2) is 30.3 Å². The van der Waals surface area contributed by atoms with Crippen LogP contribution in [-0.4, -0.2) is 25.3 Å². The molecule has 0 saturated heterocycles. The summed E-state index contributed by atoms with van der Waals surface area (Å²) in [4.78, 5) is 0. The molecule has 106 valence electrons. The molecular weight excluding hydrogens is 234 g/mol. The highest BCUT2D eigenvalue weighted by molar-refractivity contribution is 5.15. The second-order valence-corrected chi connectivity index (χ2v) is 5.57. The van der Waals surface area contributed by atoms with Gasteiger partial charge in [0.2, 0.25) is 0 Å². The van der Waals surface area contributed by atoms with Crippen molar-refractivity contribution in [1.82, 2.24) is 5.32 Å². The Morgan fingerprint density at radius 3 is 2.47 bits per heavy atom. The van der Waals surface area contributed by atoms with E-state index in [1.807, 2.05) is 0 Å². The van der Waals surface area contributed by atoms with Crippen molar-refractivity contribution in [2.24, 2.45) is 0 Å². The molecule has 2 heteroatoms. The van der Waals surface area contributed by atoms with Gasteiger partial charge in [-0.25, -0.2) is 0 Å². The third-order valence-electron chi connectivity index (χ3n) is 4.43. The Hall–Kier alpha value is -0.860. The summed E-state index contributed by atoms with van der Waals surface area (Å²) in [5, 5.41) is 3.51. The fraction of sp³-hybridized carbons (Fsp3) is 0.647. The number of nitrogens with one attached hydrogen (secondary N) is 1. The molecule has 1 N–H and O–H groups in total. The summed E-state index contributed by atoms with van der Waals surface area (Å²) in [5.74, 6) is 0. The Kier molecular flexibility index (Phi) is 5.41. The van der Waals surface area contributed by atoms with Crippen LogP contribution in [0.2, 0.25) is 0 Å². The van der Waals surface area contributed by atoms with E-state index >= 15 is 0 Å². The van der Waals surface area contributed by atoms with E-state index in [0.717, 1.165) is 19.4 Å². The van der Waals surface area contributed by atoms with Gasteiger partial charge in [-0.1, -0.05) is 43.2 Å². The summed E-state index contributed by atoms with van der Waals surface area (Å²) in [6.45, 7) is 2.94. The van der Waals surface area contributed by atoms with E-state index in [2.05, 4.69) is 49.6 Å². The van der Waals surface area contributed by atoms with Gasteiger partial charge in [0.05, 0.1) is 5.60 Å². The average molecular weight is 261 g/mol. The van der Waals surface area contributed by atoms with Crippen LogP contribution in [0, 0.1) is 0 Å². The summed E-state index contributed by atoms with van der Waals surface area (Å²) >= 11 is 0. The minimum Gasteiger partial charge on any atom is -0.374 e. The van der Waals surface area contributed by atoms with Crippen molar-refractivity contribution in [3.63, 3.8) is 0 Å². The van der Waals surface area contributed by atoms with E-state index < -0.39 is 0 Å². The van der Waals surface area contributed by atoms with Crippen molar-refractivity contribution in [1.29, 1.82) is 0 Å². The molecule has 1 atom stereocenters. The van der Waals surface area contributed by atoms with Crippen molar-refractivity contribution in [3.05, 3.63) is 35.9 Å². The number of hydrogen-bond donors (Lipinski definition) is 1. The lowest BCUT2D eigenvalue weighted by atomic mass is 9.87. The SMILES string of the molecule is CCOC1(C(CCc2ccccc2)NC)CCCC1. The van der Waals surface area contributed by atoms with Gasteiger partial charge in [-0.15, -0.1) is 0 Å². The van der Waals surface area contributed by atoms with Crippen LogP contribution in [-0.2, 0) is 11.2 Å². The van der Waals surface area contributed by atoms with Gasteiger partial charge in [0.1, 0.15) is 0 Å². The summed E-state index contributed by atoms with van der Waals surface area (Å²) < 4.78 is 6.17. The van der Waals surface area contributed by atoms with E-state index in [-0.39, 0.29) is 5.60 Å². The number of benzene rings is 1. The number of hydrogen-bond acceptors (Lipinski definition) is 2. The molecule has 0 aliphatic heterocycles. The van der Waals surface area contributed by atoms with Gasteiger partial charge in [-0.3, -0.25) is 0 Å². The minimum absolute atomic E-state index is 0.0816. The number of aryl methyl sites for hydroxylation is 1. The molecule has 1 fully saturated rings. The van der Waals surface area contributed by atoms with E-state index in [0.29, 0.717) is 6.04 Å². The molecule has 1 aromatic carbocycles. The first-order valence-electron chi connectivity index (χ1n) is 7.66. The first-order valence-corrected chi connectivity index (χ1v) is 7.66. The molecule has 0 spiro atoms. The number of rotatable bonds is 7. The number of likely N-dealkylation sites (N-methyl/N-ethyl adjacent to an activating group) is 1. The second-order valence-electron chi connectivity index (χ2n) is 5.57. The largest absolute Gasteiger partial charge is 0.374 e. The molecule has 1 aromatic rings. The number of ether oxygens (including phenoxy) is 1. The third-order valence-corrected chi connectivity index (χ3v) is 4.43. The quantitative estimate of drug-likeness (QED) is 0.810. The predicted molar refractivity (Wildman–Crippen MR) is 80.4 cm³/mol. The summed E-state index contributed by atoms with van der Waals surface area (Å²) in [6.07, 6.45) is 7.32. The van der Waals surface area contributed by atoms with Gasteiger partial charge >= 0.3 is 0 Å². The molecule has 1 aliphatic carbocycles. The van der Waals surface area contributed by atoms with E-state index in [4.69, 9.17) is 4.74 Å². The molecule has 0 aromatic heterocycles. The molecular formula is C17H27NO. The Morgan fingerprint density at radius 1 is 1.21 bits per heavy atom. The van der Waals surface area contributed by atoms with Gasteiger partial charge in [0.15, 0.2) is 0 Å². The smallest absolute Gasteiger partial charge is 0.0834 e. The average Bonchev–Trinajstić information content (AvgIpc) is 2.91. The Morgan fingerprint density at radius 2 is 1.89 bits per heavy atom. The first-order chi connectivity index (χ1) is 9.30. The lowest BCUT2D eigenvalue weighted by molar-refractivity contribution is -0.0615. The van der Waals surface area contributed by atoms with Crippen LogP contribution in [0.3, 0.4) is 0 Å². The summed E-state index contributed by atoms with van der Waals surface area (Å²) in [6, 6.07) is 11.2. The van der Waals surface area contributed by atoms with Gasteiger partial charge in [0, 0.05) is 12.6 Å². The highest BCUT2D eigenvalue weighted by atomic mass is 16.5. The van der Waals surface area contributed by atoms with Crippen molar-refractivity contribution in [2.45, 2.75) is 57.1 Å². The summed E-state index contributed by atoms with van der Waals surface area (Å²) in [5.41, 5.74) is 1.51. The fourth-order valence-corrected chi connectivity index (χ4v) is 3.48. The molecule has 0 amide bonds. The van der Waals surface area contributed by atoms with Crippen LogP contribution in [0.5, 0.6) is 0 Å². The van der Waals surface area contributed by atoms with Crippen molar-refractivity contribution in [3.8, 4) is 0 Å². The zero-order valence-corrected chi connectivity index (χ0v) is 12.3. The predicted octanol–water partition coefficient (Wildman–Crippen LogP) is 3.56.